The van der Waals surface area contributed by atoms with E-state index >= 15 is 0 Å². The van der Waals surface area contributed by atoms with Crippen molar-refractivity contribution in [2.75, 3.05) is 12.4 Å². The molecular formula is C17H21N3O. The lowest BCUT2D eigenvalue weighted by atomic mass is 10.1. The van der Waals surface area contributed by atoms with Gasteiger partial charge in [-0.25, -0.2) is 4.79 Å². The standard InChI is InChI=1S/C17H21N3O/c1-13-3-5-15(6-4-13)12-20(2)17(21)19-16-9-7-14(11-18)8-10-16/h3-10H,11-12,18H2,1-2H3,(H,19,21). The maximum Gasteiger partial charge on any atom is 0.321 e. The van der Waals surface area contributed by atoms with E-state index < -0.39 is 0 Å². The Hall–Kier alpha value is -2.33. The Balaban J connectivity index is 1.93. The van der Waals surface area contributed by atoms with Crippen molar-refractivity contribution in [1.82, 2.24) is 4.90 Å². The van der Waals surface area contributed by atoms with Crippen LogP contribution in [-0.4, -0.2) is 18.0 Å². The average molecular weight is 283 g/mol. The topological polar surface area (TPSA) is 58.4 Å². The Morgan fingerprint density at radius 2 is 1.62 bits per heavy atom. The number of nitrogens with zero attached hydrogens (tertiary/aromatic N) is 1. The summed E-state index contributed by atoms with van der Waals surface area (Å²) in [6.45, 7) is 3.12. The average Bonchev–Trinajstić information content (AvgIpc) is 2.50. The molecule has 4 nitrogen and oxygen atoms in total. The molecule has 3 N–H and O–H groups in total. The molecule has 0 saturated heterocycles. The number of carbonyl (C=O) groups excluding carboxylic acids is 1. The minimum Gasteiger partial charge on any atom is -0.326 e. The fourth-order valence-corrected chi connectivity index (χ4v) is 1.98. The van der Waals surface area contributed by atoms with Gasteiger partial charge in [0.2, 0.25) is 0 Å². The molecule has 0 fully saturated rings. The first-order chi connectivity index (χ1) is 10.1. The van der Waals surface area contributed by atoms with Crippen LogP contribution in [0.25, 0.3) is 0 Å². The van der Waals surface area contributed by atoms with E-state index in [1.54, 1.807) is 11.9 Å². The number of hydrogen-bond acceptors (Lipinski definition) is 2. The van der Waals surface area contributed by atoms with Crippen molar-refractivity contribution in [3.8, 4) is 0 Å². The molecule has 0 radical (unpaired) electrons. The van der Waals surface area contributed by atoms with Crippen LogP contribution in [0, 0.1) is 6.92 Å². The summed E-state index contributed by atoms with van der Waals surface area (Å²) in [6.07, 6.45) is 0. The zero-order valence-corrected chi connectivity index (χ0v) is 12.5. The molecule has 0 aliphatic rings. The Morgan fingerprint density at radius 1 is 1.05 bits per heavy atom. The summed E-state index contributed by atoms with van der Waals surface area (Å²) in [6, 6.07) is 15.6. The van der Waals surface area contributed by atoms with Gasteiger partial charge in [-0.1, -0.05) is 42.0 Å². The highest BCUT2D eigenvalue weighted by molar-refractivity contribution is 5.89. The second kappa shape index (κ2) is 6.90. The molecule has 110 valence electrons. The number of carbonyl (C=O) groups is 1. The smallest absolute Gasteiger partial charge is 0.321 e. The molecule has 0 aromatic heterocycles. The minimum atomic E-state index is -0.129. The summed E-state index contributed by atoms with van der Waals surface area (Å²) in [5, 5.41) is 2.87. The van der Waals surface area contributed by atoms with Crippen LogP contribution >= 0.6 is 0 Å². The van der Waals surface area contributed by atoms with Crippen molar-refractivity contribution in [2.24, 2.45) is 5.73 Å². The van der Waals surface area contributed by atoms with Crippen molar-refractivity contribution in [3.63, 3.8) is 0 Å². The van der Waals surface area contributed by atoms with Crippen LogP contribution in [0.5, 0.6) is 0 Å². The molecule has 0 aliphatic heterocycles. The number of nitrogens with one attached hydrogen (secondary N) is 1. The summed E-state index contributed by atoms with van der Waals surface area (Å²) in [4.78, 5) is 13.8. The van der Waals surface area contributed by atoms with E-state index in [2.05, 4.69) is 5.32 Å². The van der Waals surface area contributed by atoms with Gasteiger partial charge in [-0.15, -0.1) is 0 Å². The van der Waals surface area contributed by atoms with Gasteiger partial charge in [0, 0.05) is 25.8 Å². The predicted octanol–water partition coefficient (Wildman–Crippen LogP) is 3.12. The van der Waals surface area contributed by atoms with E-state index in [1.807, 2.05) is 55.5 Å². The molecule has 0 unspecified atom stereocenters. The molecular weight excluding hydrogens is 262 g/mol. The van der Waals surface area contributed by atoms with Crippen molar-refractivity contribution in [1.29, 1.82) is 0 Å². The second-order valence-electron chi connectivity index (χ2n) is 5.17. The Kier molecular flexibility index (Phi) is 4.95. The van der Waals surface area contributed by atoms with Gasteiger partial charge >= 0.3 is 6.03 Å². The van der Waals surface area contributed by atoms with E-state index in [0.717, 1.165) is 16.8 Å². The van der Waals surface area contributed by atoms with Crippen LogP contribution in [-0.2, 0) is 13.1 Å². The first kappa shape index (κ1) is 15.1. The van der Waals surface area contributed by atoms with Crippen molar-refractivity contribution >= 4 is 11.7 Å². The lowest BCUT2D eigenvalue weighted by Gasteiger charge is -2.18. The number of rotatable bonds is 4. The van der Waals surface area contributed by atoms with Crippen LogP contribution in [0.2, 0.25) is 0 Å². The second-order valence-corrected chi connectivity index (χ2v) is 5.17. The van der Waals surface area contributed by atoms with E-state index in [4.69, 9.17) is 5.73 Å². The molecule has 0 bridgehead atoms. The number of hydrogen-bond donors (Lipinski definition) is 2. The van der Waals surface area contributed by atoms with Gasteiger partial charge in [0.1, 0.15) is 0 Å². The van der Waals surface area contributed by atoms with E-state index in [1.165, 1.54) is 5.56 Å². The van der Waals surface area contributed by atoms with E-state index in [9.17, 15) is 4.79 Å². The highest BCUT2D eigenvalue weighted by atomic mass is 16.2. The van der Waals surface area contributed by atoms with Gasteiger partial charge in [-0.05, 0) is 30.2 Å². The largest absolute Gasteiger partial charge is 0.326 e. The molecule has 4 heteroatoms. The molecule has 0 saturated carbocycles. The van der Waals surface area contributed by atoms with E-state index in [0.29, 0.717) is 13.1 Å². The van der Waals surface area contributed by atoms with Gasteiger partial charge < -0.3 is 16.0 Å². The van der Waals surface area contributed by atoms with Crippen LogP contribution in [0.1, 0.15) is 16.7 Å². The normalized spacial score (nSPS) is 10.2. The minimum absolute atomic E-state index is 0.129. The Labute approximate surface area is 125 Å². The monoisotopic (exact) mass is 283 g/mol. The van der Waals surface area contributed by atoms with E-state index in [-0.39, 0.29) is 6.03 Å². The molecule has 2 aromatic carbocycles. The van der Waals surface area contributed by atoms with Gasteiger partial charge in [-0.3, -0.25) is 0 Å². The lowest BCUT2D eigenvalue weighted by molar-refractivity contribution is 0.220. The summed E-state index contributed by atoms with van der Waals surface area (Å²) < 4.78 is 0. The number of anilines is 1. The van der Waals surface area contributed by atoms with Gasteiger partial charge in [0.05, 0.1) is 0 Å². The summed E-state index contributed by atoms with van der Waals surface area (Å²) in [7, 11) is 1.78. The SMILES string of the molecule is Cc1ccc(CN(C)C(=O)Nc2ccc(CN)cc2)cc1. The maximum absolute atomic E-state index is 12.1. The fraction of sp³-hybridized carbons (Fsp3) is 0.235. The fourth-order valence-electron chi connectivity index (χ4n) is 1.98. The number of aryl methyl sites for hydroxylation is 1. The molecule has 2 amide bonds. The highest BCUT2D eigenvalue weighted by Gasteiger charge is 2.09. The zero-order valence-electron chi connectivity index (χ0n) is 12.5. The van der Waals surface area contributed by atoms with Crippen LogP contribution in [0.3, 0.4) is 0 Å². The van der Waals surface area contributed by atoms with Crippen LogP contribution < -0.4 is 11.1 Å². The molecule has 0 aliphatic carbocycles. The van der Waals surface area contributed by atoms with Crippen LogP contribution in [0.4, 0.5) is 10.5 Å². The number of amides is 2. The molecule has 2 rings (SSSR count). The molecule has 21 heavy (non-hydrogen) atoms. The number of benzene rings is 2. The molecule has 2 aromatic rings. The predicted molar refractivity (Wildman–Crippen MR) is 86.0 cm³/mol. The Morgan fingerprint density at radius 3 is 2.19 bits per heavy atom. The highest BCUT2D eigenvalue weighted by Crippen LogP contribution is 2.11. The van der Waals surface area contributed by atoms with Crippen LogP contribution in [0.15, 0.2) is 48.5 Å². The summed E-state index contributed by atoms with van der Waals surface area (Å²) in [5.41, 5.74) is 9.69. The summed E-state index contributed by atoms with van der Waals surface area (Å²) >= 11 is 0. The summed E-state index contributed by atoms with van der Waals surface area (Å²) in [5.74, 6) is 0. The third-order valence-corrected chi connectivity index (χ3v) is 3.33. The van der Waals surface area contributed by atoms with Gasteiger partial charge in [0.25, 0.3) is 0 Å². The Bertz CT molecular complexity index is 590. The molecule has 0 atom stereocenters. The van der Waals surface area contributed by atoms with Gasteiger partial charge in [-0.2, -0.15) is 0 Å². The van der Waals surface area contributed by atoms with Crippen molar-refractivity contribution < 1.29 is 4.79 Å². The van der Waals surface area contributed by atoms with Gasteiger partial charge in [0.15, 0.2) is 0 Å². The molecule has 0 spiro atoms. The zero-order chi connectivity index (χ0) is 15.2. The van der Waals surface area contributed by atoms with Crippen molar-refractivity contribution in [3.05, 3.63) is 65.2 Å². The maximum atomic E-state index is 12.1. The number of nitrogens with two attached hydrogens (primary N) is 1. The number of urea groups is 1. The third-order valence-electron chi connectivity index (χ3n) is 3.33. The molecule has 0 heterocycles. The first-order valence-corrected chi connectivity index (χ1v) is 6.95. The quantitative estimate of drug-likeness (QED) is 0.905. The van der Waals surface area contributed by atoms with Crippen molar-refractivity contribution in [2.45, 2.75) is 20.0 Å². The third kappa shape index (κ3) is 4.33. The lowest BCUT2D eigenvalue weighted by Crippen LogP contribution is -2.30. The first-order valence-electron chi connectivity index (χ1n) is 6.95.